The van der Waals surface area contributed by atoms with E-state index in [1.165, 1.54) is 17.9 Å². The van der Waals surface area contributed by atoms with Crippen LogP contribution in [0.2, 0.25) is 0 Å². The number of anilines is 2. The van der Waals surface area contributed by atoms with Crippen LogP contribution in [0.5, 0.6) is 5.75 Å². The van der Waals surface area contributed by atoms with E-state index in [1.54, 1.807) is 6.07 Å². The van der Waals surface area contributed by atoms with Crippen molar-refractivity contribution in [1.29, 1.82) is 0 Å². The number of ether oxygens (including phenoxy) is 1. The number of nitrogens with one attached hydrogen (secondary N) is 1. The van der Waals surface area contributed by atoms with E-state index in [0.29, 0.717) is 18.8 Å². The highest BCUT2D eigenvalue weighted by Gasteiger charge is 1.96. The van der Waals surface area contributed by atoms with Gasteiger partial charge in [0.2, 0.25) is 5.13 Å². The van der Waals surface area contributed by atoms with Crippen LogP contribution in [0.3, 0.4) is 0 Å². The quantitative estimate of drug-likeness (QED) is 0.609. The predicted octanol–water partition coefficient (Wildman–Crippen LogP) is 1.61. The van der Waals surface area contributed by atoms with Gasteiger partial charge in [-0.15, -0.1) is 0 Å². The van der Waals surface area contributed by atoms with Crippen molar-refractivity contribution in [2.75, 3.05) is 24.2 Å². The van der Waals surface area contributed by atoms with Crippen molar-refractivity contribution >= 4 is 22.4 Å². The minimum atomic E-state index is 0.559. The number of nitrogens with two attached hydrogens (primary N) is 1. The predicted molar refractivity (Wildman–Crippen MR) is 64.7 cm³/mol. The fourth-order valence-electron chi connectivity index (χ4n) is 1.18. The molecule has 3 N–H and O–H groups in total. The highest BCUT2D eigenvalue weighted by atomic mass is 32.1. The zero-order valence-electron chi connectivity index (χ0n) is 8.59. The standard InChI is InChI=1S/C10H12N4OS/c11-8-2-1-3-9(6-8)15-5-4-12-10-13-7-14-16-10/h1-3,6-7H,4-5,11H2,(H,12,13,14). The number of hydrogen-bond donors (Lipinski definition) is 2. The Labute approximate surface area is 97.4 Å². The third-order valence-electron chi connectivity index (χ3n) is 1.87. The summed E-state index contributed by atoms with van der Waals surface area (Å²) >= 11 is 1.32. The normalized spacial score (nSPS) is 10.0. The molecule has 2 rings (SSSR count). The molecular formula is C10H12N4OS. The zero-order valence-corrected chi connectivity index (χ0v) is 9.41. The van der Waals surface area contributed by atoms with Crippen LogP contribution in [0, 0.1) is 0 Å². The second-order valence-corrected chi connectivity index (χ2v) is 3.87. The number of hydrogen-bond acceptors (Lipinski definition) is 6. The highest BCUT2D eigenvalue weighted by Crippen LogP contribution is 2.14. The van der Waals surface area contributed by atoms with Crippen LogP contribution in [0.1, 0.15) is 0 Å². The van der Waals surface area contributed by atoms with Crippen LogP contribution < -0.4 is 15.8 Å². The van der Waals surface area contributed by atoms with Gasteiger partial charge in [-0.05, 0) is 12.1 Å². The zero-order chi connectivity index (χ0) is 11.2. The largest absolute Gasteiger partial charge is 0.492 e. The summed E-state index contributed by atoms with van der Waals surface area (Å²) in [5.41, 5.74) is 6.33. The molecule has 0 saturated heterocycles. The Morgan fingerprint density at radius 3 is 3.12 bits per heavy atom. The smallest absolute Gasteiger partial charge is 0.202 e. The van der Waals surface area contributed by atoms with E-state index in [2.05, 4.69) is 14.7 Å². The molecule has 0 unspecified atom stereocenters. The first-order chi connectivity index (χ1) is 7.84. The van der Waals surface area contributed by atoms with E-state index < -0.39 is 0 Å². The Kier molecular flexibility index (Phi) is 3.55. The molecule has 1 heterocycles. The van der Waals surface area contributed by atoms with E-state index in [-0.39, 0.29) is 0 Å². The maximum absolute atomic E-state index is 5.63. The van der Waals surface area contributed by atoms with Crippen LogP contribution in [0.25, 0.3) is 0 Å². The van der Waals surface area contributed by atoms with Gasteiger partial charge in [0, 0.05) is 23.3 Å². The second kappa shape index (κ2) is 5.32. The van der Waals surface area contributed by atoms with Crippen molar-refractivity contribution < 1.29 is 4.74 Å². The molecule has 0 fully saturated rings. The molecule has 2 aromatic rings. The monoisotopic (exact) mass is 236 g/mol. The fourth-order valence-corrected chi connectivity index (χ4v) is 1.64. The SMILES string of the molecule is Nc1cccc(OCCNc2ncns2)c1. The summed E-state index contributed by atoms with van der Waals surface area (Å²) in [7, 11) is 0. The molecule has 0 atom stereocenters. The van der Waals surface area contributed by atoms with Crippen molar-refractivity contribution in [2.24, 2.45) is 0 Å². The molecule has 0 bridgehead atoms. The molecule has 0 amide bonds. The van der Waals surface area contributed by atoms with Gasteiger partial charge in [-0.3, -0.25) is 0 Å². The summed E-state index contributed by atoms with van der Waals surface area (Å²) in [4.78, 5) is 4.00. The number of nitrogen functional groups attached to an aromatic ring is 1. The highest BCUT2D eigenvalue weighted by molar-refractivity contribution is 7.09. The van der Waals surface area contributed by atoms with Crippen molar-refractivity contribution in [3.63, 3.8) is 0 Å². The molecule has 0 aliphatic heterocycles. The lowest BCUT2D eigenvalue weighted by Crippen LogP contribution is -2.11. The summed E-state index contributed by atoms with van der Waals surface area (Å²) in [6.07, 6.45) is 1.52. The Balaban J connectivity index is 1.72. The minimum absolute atomic E-state index is 0.559. The molecule has 1 aromatic carbocycles. The Morgan fingerprint density at radius 2 is 2.38 bits per heavy atom. The average Bonchev–Trinajstić information content (AvgIpc) is 2.77. The number of aromatic nitrogens is 2. The van der Waals surface area contributed by atoms with E-state index in [9.17, 15) is 0 Å². The van der Waals surface area contributed by atoms with E-state index >= 15 is 0 Å². The molecular weight excluding hydrogens is 224 g/mol. The lowest BCUT2D eigenvalue weighted by molar-refractivity contribution is 0.333. The topological polar surface area (TPSA) is 73.1 Å². The summed E-state index contributed by atoms with van der Waals surface area (Å²) in [5, 5.41) is 3.90. The molecule has 5 nitrogen and oxygen atoms in total. The first kappa shape index (κ1) is 10.7. The summed E-state index contributed by atoms with van der Waals surface area (Å²) in [6.45, 7) is 1.24. The van der Waals surface area contributed by atoms with Crippen LogP contribution in [0.4, 0.5) is 10.8 Å². The Hall–Kier alpha value is -1.82. The Morgan fingerprint density at radius 1 is 1.44 bits per heavy atom. The average molecular weight is 236 g/mol. The van der Waals surface area contributed by atoms with Crippen molar-refractivity contribution in [1.82, 2.24) is 9.36 Å². The number of benzene rings is 1. The van der Waals surface area contributed by atoms with E-state index in [4.69, 9.17) is 10.5 Å². The van der Waals surface area contributed by atoms with Gasteiger partial charge in [0.25, 0.3) is 0 Å². The molecule has 16 heavy (non-hydrogen) atoms. The third-order valence-corrected chi connectivity index (χ3v) is 2.49. The molecule has 0 saturated carbocycles. The molecule has 0 spiro atoms. The van der Waals surface area contributed by atoms with Gasteiger partial charge in [-0.25, -0.2) is 4.98 Å². The number of nitrogens with zero attached hydrogens (tertiary/aromatic N) is 2. The van der Waals surface area contributed by atoms with Crippen LogP contribution in [-0.2, 0) is 0 Å². The molecule has 0 radical (unpaired) electrons. The first-order valence-electron chi connectivity index (χ1n) is 4.83. The van der Waals surface area contributed by atoms with Crippen LogP contribution in [-0.4, -0.2) is 22.5 Å². The van der Waals surface area contributed by atoms with Gasteiger partial charge in [0.05, 0.1) is 6.54 Å². The van der Waals surface area contributed by atoms with E-state index in [0.717, 1.165) is 10.9 Å². The maximum atomic E-state index is 5.63. The lowest BCUT2D eigenvalue weighted by Gasteiger charge is -2.06. The molecule has 6 heteroatoms. The van der Waals surface area contributed by atoms with Gasteiger partial charge in [-0.1, -0.05) is 6.07 Å². The Bertz CT molecular complexity index is 432. The first-order valence-corrected chi connectivity index (χ1v) is 5.61. The molecule has 0 aliphatic carbocycles. The van der Waals surface area contributed by atoms with Gasteiger partial charge < -0.3 is 15.8 Å². The van der Waals surface area contributed by atoms with Gasteiger partial charge in [-0.2, -0.15) is 4.37 Å². The fraction of sp³-hybridized carbons (Fsp3) is 0.200. The van der Waals surface area contributed by atoms with E-state index in [1.807, 2.05) is 18.2 Å². The molecule has 0 aliphatic rings. The van der Waals surface area contributed by atoms with Gasteiger partial charge >= 0.3 is 0 Å². The summed E-state index contributed by atoms with van der Waals surface area (Å²) < 4.78 is 9.38. The minimum Gasteiger partial charge on any atom is -0.492 e. The summed E-state index contributed by atoms with van der Waals surface area (Å²) in [6, 6.07) is 7.36. The lowest BCUT2D eigenvalue weighted by atomic mass is 10.3. The molecule has 84 valence electrons. The van der Waals surface area contributed by atoms with Crippen LogP contribution in [0.15, 0.2) is 30.6 Å². The van der Waals surface area contributed by atoms with Crippen molar-refractivity contribution in [3.05, 3.63) is 30.6 Å². The van der Waals surface area contributed by atoms with Crippen LogP contribution >= 0.6 is 11.5 Å². The van der Waals surface area contributed by atoms with Crippen molar-refractivity contribution in [2.45, 2.75) is 0 Å². The van der Waals surface area contributed by atoms with Gasteiger partial charge in [0.1, 0.15) is 18.7 Å². The summed E-state index contributed by atoms with van der Waals surface area (Å²) in [5.74, 6) is 0.777. The van der Waals surface area contributed by atoms with Crippen molar-refractivity contribution in [3.8, 4) is 5.75 Å². The maximum Gasteiger partial charge on any atom is 0.202 e. The third kappa shape index (κ3) is 3.09. The number of rotatable bonds is 5. The molecule has 1 aromatic heterocycles. The van der Waals surface area contributed by atoms with Gasteiger partial charge in [0.15, 0.2) is 0 Å². The second-order valence-electron chi connectivity index (χ2n) is 3.09.